The fourth-order valence-electron chi connectivity index (χ4n) is 1.86. The summed E-state index contributed by atoms with van der Waals surface area (Å²) in [5.74, 6) is -0.327. The molecule has 11 heteroatoms. The Balaban J connectivity index is 1.97. The number of alkyl halides is 3. The SMILES string of the molecule is O=S(c1ccc(OCC(F)(F)F)nn1)N1CCC(O)(CO)C1. The summed E-state index contributed by atoms with van der Waals surface area (Å²) in [5, 5.41) is 25.9. The Kier molecular flexibility index (Phi) is 5.00. The Labute approximate surface area is 126 Å². The van der Waals surface area contributed by atoms with Crippen LogP contribution in [0.4, 0.5) is 13.2 Å². The first kappa shape index (κ1) is 17.1. The summed E-state index contributed by atoms with van der Waals surface area (Å²) in [6, 6.07) is 2.38. The number of aliphatic hydroxyl groups is 2. The van der Waals surface area contributed by atoms with Crippen LogP contribution in [0.3, 0.4) is 0 Å². The molecule has 124 valence electrons. The van der Waals surface area contributed by atoms with Crippen LogP contribution in [-0.2, 0) is 11.0 Å². The average Bonchev–Trinajstić information content (AvgIpc) is 2.87. The monoisotopic (exact) mass is 341 g/mol. The third-order valence-corrected chi connectivity index (χ3v) is 4.36. The topological polar surface area (TPSA) is 95.8 Å². The van der Waals surface area contributed by atoms with Gasteiger partial charge in [0.15, 0.2) is 11.6 Å². The number of β-amino-alcohol motifs (C(OH)–C–C–N with tert-alkyl or cyclic N) is 1. The summed E-state index contributed by atoms with van der Waals surface area (Å²) in [5.41, 5.74) is -1.31. The molecule has 1 aromatic heterocycles. The van der Waals surface area contributed by atoms with Crippen molar-refractivity contribution in [2.24, 2.45) is 0 Å². The molecule has 0 bridgehead atoms. The highest BCUT2D eigenvalue weighted by Crippen LogP contribution is 2.24. The lowest BCUT2D eigenvalue weighted by Gasteiger charge is -2.19. The molecule has 1 fully saturated rings. The Bertz CT molecular complexity index is 542. The molecular formula is C11H14F3N3O4S. The predicted molar refractivity (Wildman–Crippen MR) is 68.2 cm³/mol. The van der Waals surface area contributed by atoms with E-state index in [0.29, 0.717) is 0 Å². The molecule has 0 amide bonds. The number of hydrogen-bond donors (Lipinski definition) is 2. The number of aromatic nitrogens is 2. The third kappa shape index (κ3) is 4.35. The van der Waals surface area contributed by atoms with Crippen LogP contribution in [0.5, 0.6) is 5.88 Å². The molecule has 0 spiro atoms. The highest BCUT2D eigenvalue weighted by atomic mass is 32.2. The second-order valence-corrected chi connectivity index (χ2v) is 6.29. The molecule has 0 saturated carbocycles. The number of hydrogen-bond acceptors (Lipinski definition) is 6. The maximum absolute atomic E-state index is 12.2. The minimum absolute atomic E-state index is 0.00408. The molecule has 1 aromatic rings. The fourth-order valence-corrected chi connectivity index (χ4v) is 3.03. The second kappa shape index (κ2) is 6.44. The van der Waals surface area contributed by atoms with Crippen molar-refractivity contribution in [3.63, 3.8) is 0 Å². The molecule has 0 aromatic carbocycles. The van der Waals surface area contributed by atoms with E-state index in [0.717, 1.165) is 6.07 Å². The molecule has 2 unspecified atom stereocenters. The molecule has 2 atom stereocenters. The van der Waals surface area contributed by atoms with Crippen molar-refractivity contribution in [2.45, 2.75) is 23.2 Å². The maximum atomic E-state index is 12.2. The second-order valence-electron chi connectivity index (χ2n) is 4.86. The van der Waals surface area contributed by atoms with E-state index in [1.54, 1.807) is 0 Å². The standard InChI is InChI=1S/C11H14F3N3O4S/c12-11(13,14)7-21-8-1-2-9(16-15-8)22(20)17-4-3-10(19,5-17)6-18/h1-2,18-19H,3-7H2. The van der Waals surface area contributed by atoms with E-state index in [1.165, 1.54) is 10.4 Å². The number of halogens is 3. The first-order valence-corrected chi connectivity index (χ1v) is 7.36. The van der Waals surface area contributed by atoms with Gasteiger partial charge in [-0.1, -0.05) is 0 Å². The van der Waals surface area contributed by atoms with Crippen molar-refractivity contribution in [1.29, 1.82) is 0 Å². The zero-order valence-corrected chi connectivity index (χ0v) is 12.1. The molecule has 1 aliphatic heterocycles. The zero-order valence-electron chi connectivity index (χ0n) is 11.3. The van der Waals surface area contributed by atoms with Gasteiger partial charge in [0.1, 0.15) is 16.6 Å². The first-order valence-electron chi connectivity index (χ1n) is 6.26. The number of nitrogens with zero attached hydrogens (tertiary/aromatic N) is 3. The van der Waals surface area contributed by atoms with Gasteiger partial charge in [-0.05, 0) is 12.5 Å². The highest BCUT2D eigenvalue weighted by Gasteiger charge is 2.38. The predicted octanol–water partition coefficient (Wildman–Crippen LogP) is -0.131. The van der Waals surface area contributed by atoms with E-state index in [1.807, 2.05) is 0 Å². The first-order chi connectivity index (χ1) is 10.2. The lowest BCUT2D eigenvalue weighted by molar-refractivity contribution is -0.154. The molecule has 2 N–H and O–H groups in total. The summed E-state index contributed by atoms with van der Waals surface area (Å²) >= 11 is 0. The molecule has 1 aliphatic rings. The van der Waals surface area contributed by atoms with Crippen molar-refractivity contribution in [3.8, 4) is 5.88 Å². The fraction of sp³-hybridized carbons (Fsp3) is 0.636. The van der Waals surface area contributed by atoms with Crippen LogP contribution in [0, 0.1) is 0 Å². The van der Waals surface area contributed by atoms with E-state index in [2.05, 4.69) is 14.9 Å². The summed E-state index contributed by atoms with van der Waals surface area (Å²) in [7, 11) is -1.73. The molecule has 2 rings (SSSR count). The quantitative estimate of drug-likeness (QED) is 0.775. The van der Waals surface area contributed by atoms with Crippen molar-refractivity contribution in [3.05, 3.63) is 12.1 Å². The third-order valence-electron chi connectivity index (χ3n) is 3.00. The van der Waals surface area contributed by atoms with Crippen LogP contribution in [0.15, 0.2) is 17.2 Å². The van der Waals surface area contributed by atoms with Gasteiger partial charge in [0.2, 0.25) is 5.88 Å². The molecular weight excluding hydrogens is 327 g/mol. The normalized spacial score (nSPS) is 24.4. The summed E-state index contributed by atoms with van der Waals surface area (Å²) in [4.78, 5) is 0. The van der Waals surface area contributed by atoms with Crippen molar-refractivity contribution < 1.29 is 32.3 Å². The van der Waals surface area contributed by atoms with Gasteiger partial charge in [-0.25, -0.2) is 8.51 Å². The molecule has 0 radical (unpaired) electrons. The van der Waals surface area contributed by atoms with Gasteiger partial charge in [-0.15, -0.1) is 10.2 Å². The van der Waals surface area contributed by atoms with E-state index < -0.39 is 36.0 Å². The molecule has 0 aliphatic carbocycles. The average molecular weight is 341 g/mol. The summed E-state index contributed by atoms with van der Waals surface area (Å²) < 4.78 is 54.0. The van der Waals surface area contributed by atoms with Crippen molar-refractivity contribution >= 4 is 11.0 Å². The molecule has 2 heterocycles. The maximum Gasteiger partial charge on any atom is 0.422 e. The van der Waals surface area contributed by atoms with E-state index >= 15 is 0 Å². The molecule has 22 heavy (non-hydrogen) atoms. The Hall–Kier alpha value is -1.30. The van der Waals surface area contributed by atoms with Gasteiger partial charge in [-0.2, -0.15) is 13.2 Å². The van der Waals surface area contributed by atoms with Gasteiger partial charge < -0.3 is 14.9 Å². The van der Waals surface area contributed by atoms with E-state index in [4.69, 9.17) is 5.11 Å². The Morgan fingerprint density at radius 3 is 2.64 bits per heavy atom. The molecule has 1 saturated heterocycles. The van der Waals surface area contributed by atoms with Gasteiger partial charge in [0.25, 0.3) is 0 Å². The van der Waals surface area contributed by atoms with Crippen LogP contribution >= 0.6 is 0 Å². The van der Waals surface area contributed by atoms with Crippen LogP contribution in [0.1, 0.15) is 6.42 Å². The zero-order chi connectivity index (χ0) is 16.4. The van der Waals surface area contributed by atoms with Gasteiger partial charge in [0, 0.05) is 19.2 Å². The number of ether oxygens (including phenoxy) is 1. The lowest BCUT2D eigenvalue weighted by atomic mass is 10.1. The summed E-state index contributed by atoms with van der Waals surface area (Å²) in [6.07, 6.45) is -4.22. The van der Waals surface area contributed by atoms with Crippen molar-refractivity contribution in [1.82, 2.24) is 14.5 Å². The smallest absolute Gasteiger partial charge is 0.422 e. The van der Waals surface area contributed by atoms with Gasteiger partial charge >= 0.3 is 6.18 Å². The number of aliphatic hydroxyl groups excluding tert-OH is 1. The van der Waals surface area contributed by atoms with E-state index in [9.17, 15) is 22.5 Å². The van der Waals surface area contributed by atoms with Crippen LogP contribution in [0.2, 0.25) is 0 Å². The minimum atomic E-state index is -4.48. The number of rotatable bonds is 5. The Morgan fingerprint density at radius 1 is 1.41 bits per heavy atom. The van der Waals surface area contributed by atoms with Crippen molar-refractivity contribution in [2.75, 3.05) is 26.3 Å². The minimum Gasteiger partial charge on any atom is -0.467 e. The summed E-state index contributed by atoms with van der Waals surface area (Å²) in [6.45, 7) is -1.64. The van der Waals surface area contributed by atoms with Crippen LogP contribution in [0.25, 0.3) is 0 Å². The van der Waals surface area contributed by atoms with Gasteiger partial charge in [0.05, 0.1) is 6.61 Å². The Morgan fingerprint density at radius 2 is 2.14 bits per heavy atom. The van der Waals surface area contributed by atoms with E-state index in [-0.39, 0.29) is 30.4 Å². The lowest BCUT2D eigenvalue weighted by Crippen LogP contribution is -2.37. The van der Waals surface area contributed by atoms with Crippen LogP contribution < -0.4 is 4.74 Å². The molecule has 7 nitrogen and oxygen atoms in total. The van der Waals surface area contributed by atoms with Crippen LogP contribution in [-0.4, -0.2) is 67.0 Å². The largest absolute Gasteiger partial charge is 0.467 e. The van der Waals surface area contributed by atoms with Gasteiger partial charge in [-0.3, -0.25) is 0 Å². The highest BCUT2D eigenvalue weighted by molar-refractivity contribution is 7.82.